The minimum atomic E-state index is -0.983. The number of H-pyrrole nitrogens is 1. The van der Waals surface area contributed by atoms with Gasteiger partial charge in [-0.2, -0.15) is 4.39 Å². The second-order valence-corrected chi connectivity index (χ2v) is 3.36. The highest BCUT2D eigenvalue weighted by Gasteiger charge is 2.09. The smallest absolute Gasteiger partial charge is 0.328 e. The van der Waals surface area contributed by atoms with E-state index in [0.717, 1.165) is 30.9 Å². The van der Waals surface area contributed by atoms with Crippen molar-refractivity contribution in [3.63, 3.8) is 0 Å². The Morgan fingerprint density at radius 2 is 2.11 bits per heavy atom. The first-order chi connectivity index (χ1) is 8.50. The maximum atomic E-state index is 12.3. The Labute approximate surface area is 102 Å². The van der Waals surface area contributed by atoms with Gasteiger partial charge in [0.1, 0.15) is 0 Å². The molecule has 0 aromatic carbocycles. The molecule has 0 radical (unpaired) electrons. The van der Waals surface area contributed by atoms with Crippen LogP contribution >= 0.6 is 0 Å². The highest BCUT2D eigenvalue weighted by molar-refractivity contribution is 4.85. The van der Waals surface area contributed by atoms with Gasteiger partial charge >= 0.3 is 5.69 Å². The molecule has 2 rings (SSSR count). The summed E-state index contributed by atoms with van der Waals surface area (Å²) in [4.78, 5) is 22.7. The first-order valence-corrected chi connectivity index (χ1v) is 5.16. The number of aromatic nitrogens is 2. The summed E-state index contributed by atoms with van der Waals surface area (Å²) < 4.78 is 18.0. The number of aromatic amines is 1. The van der Waals surface area contributed by atoms with Gasteiger partial charge in [-0.05, 0) is 6.42 Å². The molecule has 2 heterocycles. The van der Waals surface area contributed by atoms with Crippen molar-refractivity contribution < 1.29 is 19.3 Å². The van der Waals surface area contributed by atoms with Crippen LogP contribution in [-0.4, -0.2) is 46.2 Å². The Morgan fingerprint density at radius 3 is 2.44 bits per heavy atom. The van der Waals surface area contributed by atoms with E-state index in [1.807, 2.05) is 0 Å². The van der Waals surface area contributed by atoms with Gasteiger partial charge in [0.25, 0.3) is 5.56 Å². The van der Waals surface area contributed by atoms with E-state index in [2.05, 4.69) is 0 Å². The van der Waals surface area contributed by atoms with Crippen LogP contribution in [0.4, 0.5) is 4.39 Å². The van der Waals surface area contributed by atoms with Crippen molar-refractivity contribution in [1.29, 1.82) is 0 Å². The van der Waals surface area contributed by atoms with Gasteiger partial charge in [0.2, 0.25) is 5.82 Å². The maximum Gasteiger partial charge on any atom is 0.328 e. The summed E-state index contributed by atoms with van der Waals surface area (Å²) in [6.07, 6.45) is 1.48. The lowest BCUT2D eigenvalue weighted by molar-refractivity contribution is 0.127. The average Bonchev–Trinajstić information content (AvgIpc) is 2.81. The molecular weight excluding hydrogens is 247 g/mol. The number of rotatable bonds is 0. The number of hydrogen-bond donors (Lipinski definition) is 3. The number of nitrogens with zero attached hydrogens (tertiary/aromatic N) is 1. The molecule has 8 heteroatoms. The molecule has 0 spiro atoms. The van der Waals surface area contributed by atoms with Crippen LogP contribution in [-0.2, 0) is 11.8 Å². The van der Waals surface area contributed by atoms with E-state index in [-0.39, 0.29) is 6.10 Å². The molecule has 1 aliphatic rings. The molecule has 1 saturated heterocycles. The average molecular weight is 264 g/mol. The third-order valence-electron chi connectivity index (χ3n) is 1.97. The standard InChI is InChI=1S/C5H5FN2O2.C4H8O2.CH4O/c1-8-2-3(6)4(9)7-5(8)10;5-4-1-2-6-3-4;1-2/h2H,1H3,(H,7,9,10);4-5H,1-3H2;2H,1H3. The number of halogens is 1. The molecule has 1 aromatic heterocycles. The SMILES string of the molecule is CO.Cn1cc(F)c(=O)[nH]c1=O.OC1CCOC1. The van der Waals surface area contributed by atoms with Crippen molar-refractivity contribution in [2.45, 2.75) is 12.5 Å². The predicted octanol–water partition coefficient (Wildman–Crippen LogP) is -1.41. The zero-order valence-corrected chi connectivity index (χ0v) is 10.2. The number of nitrogens with one attached hydrogen (secondary N) is 1. The Balaban J connectivity index is 0.000000308. The van der Waals surface area contributed by atoms with Crippen molar-refractivity contribution in [2.24, 2.45) is 7.05 Å². The van der Waals surface area contributed by atoms with E-state index < -0.39 is 17.1 Å². The van der Waals surface area contributed by atoms with Crippen molar-refractivity contribution in [3.8, 4) is 0 Å². The normalized spacial score (nSPS) is 17.3. The van der Waals surface area contributed by atoms with Gasteiger partial charge in [-0.25, -0.2) is 4.79 Å². The van der Waals surface area contributed by atoms with E-state index in [4.69, 9.17) is 14.9 Å². The molecule has 1 unspecified atom stereocenters. The Kier molecular flexibility index (Phi) is 7.84. The van der Waals surface area contributed by atoms with Crippen LogP contribution in [0.1, 0.15) is 6.42 Å². The lowest BCUT2D eigenvalue weighted by Crippen LogP contribution is -2.29. The summed E-state index contributed by atoms with van der Waals surface area (Å²) in [6.45, 7) is 1.28. The van der Waals surface area contributed by atoms with Gasteiger partial charge in [-0.3, -0.25) is 9.78 Å². The van der Waals surface area contributed by atoms with Crippen LogP contribution in [0.5, 0.6) is 0 Å². The van der Waals surface area contributed by atoms with Gasteiger partial charge in [0.05, 0.1) is 12.7 Å². The Morgan fingerprint density at radius 1 is 1.50 bits per heavy atom. The number of ether oxygens (including phenoxy) is 1. The van der Waals surface area contributed by atoms with Crippen LogP contribution in [0.25, 0.3) is 0 Å². The molecule has 1 aromatic rings. The summed E-state index contributed by atoms with van der Waals surface area (Å²) >= 11 is 0. The summed E-state index contributed by atoms with van der Waals surface area (Å²) in [5, 5.41) is 15.6. The highest BCUT2D eigenvalue weighted by atomic mass is 19.1. The maximum absolute atomic E-state index is 12.3. The van der Waals surface area contributed by atoms with Gasteiger partial charge in [-0.1, -0.05) is 0 Å². The van der Waals surface area contributed by atoms with Crippen LogP contribution in [0.2, 0.25) is 0 Å². The zero-order chi connectivity index (χ0) is 14.1. The summed E-state index contributed by atoms with van der Waals surface area (Å²) in [5.74, 6) is -0.956. The van der Waals surface area contributed by atoms with Gasteiger partial charge < -0.3 is 19.5 Å². The van der Waals surface area contributed by atoms with Crippen LogP contribution in [0.3, 0.4) is 0 Å². The van der Waals surface area contributed by atoms with Crippen molar-refractivity contribution in [2.75, 3.05) is 20.3 Å². The molecule has 104 valence electrons. The minimum Gasteiger partial charge on any atom is -0.400 e. The topological polar surface area (TPSA) is 105 Å². The fourth-order valence-electron chi connectivity index (χ4n) is 1.05. The van der Waals surface area contributed by atoms with E-state index in [1.165, 1.54) is 7.05 Å². The first kappa shape index (κ1) is 16.5. The van der Waals surface area contributed by atoms with E-state index in [9.17, 15) is 14.0 Å². The fraction of sp³-hybridized carbons (Fsp3) is 0.600. The quantitative estimate of drug-likeness (QED) is 0.534. The molecular formula is C10H17FN2O5. The third kappa shape index (κ3) is 5.71. The Hall–Kier alpha value is -1.51. The van der Waals surface area contributed by atoms with Crippen LogP contribution in [0, 0.1) is 5.82 Å². The predicted molar refractivity (Wildman–Crippen MR) is 61.8 cm³/mol. The largest absolute Gasteiger partial charge is 0.400 e. The van der Waals surface area contributed by atoms with E-state index in [0.29, 0.717) is 6.61 Å². The van der Waals surface area contributed by atoms with Crippen molar-refractivity contribution in [3.05, 3.63) is 32.9 Å². The highest BCUT2D eigenvalue weighted by Crippen LogP contribution is 2.00. The molecule has 0 saturated carbocycles. The zero-order valence-electron chi connectivity index (χ0n) is 10.2. The van der Waals surface area contributed by atoms with Crippen molar-refractivity contribution >= 4 is 0 Å². The molecule has 3 N–H and O–H groups in total. The lowest BCUT2D eigenvalue weighted by atomic mass is 10.3. The molecule has 0 bridgehead atoms. The lowest BCUT2D eigenvalue weighted by Gasteiger charge is -1.92. The number of aliphatic hydroxyl groups excluding tert-OH is 2. The molecule has 0 aliphatic carbocycles. The van der Waals surface area contributed by atoms with Crippen molar-refractivity contribution in [1.82, 2.24) is 9.55 Å². The molecule has 1 fully saturated rings. The summed E-state index contributed by atoms with van der Waals surface area (Å²) in [5.41, 5.74) is -1.60. The van der Waals surface area contributed by atoms with Crippen LogP contribution < -0.4 is 11.2 Å². The molecule has 0 amide bonds. The number of aliphatic hydroxyl groups is 2. The monoisotopic (exact) mass is 264 g/mol. The fourth-order valence-corrected chi connectivity index (χ4v) is 1.05. The van der Waals surface area contributed by atoms with Gasteiger partial charge in [0.15, 0.2) is 0 Å². The summed E-state index contributed by atoms with van der Waals surface area (Å²) in [6, 6.07) is 0. The van der Waals surface area contributed by atoms with Gasteiger partial charge in [-0.15, -0.1) is 0 Å². The second-order valence-electron chi connectivity index (χ2n) is 3.36. The third-order valence-corrected chi connectivity index (χ3v) is 1.97. The second kappa shape index (κ2) is 8.56. The summed E-state index contributed by atoms with van der Waals surface area (Å²) in [7, 11) is 2.35. The molecule has 18 heavy (non-hydrogen) atoms. The van der Waals surface area contributed by atoms with Gasteiger partial charge in [0, 0.05) is 27.0 Å². The minimum absolute atomic E-state index is 0.176. The molecule has 7 nitrogen and oxygen atoms in total. The number of aryl methyl sites for hydroxylation is 1. The number of hydrogen-bond acceptors (Lipinski definition) is 5. The van der Waals surface area contributed by atoms with E-state index >= 15 is 0 Å². The Bertz CT molecular complexity index is 419. The van der Waals surface area contributed by atoms with Crippen LogP contribution in [0.15, 0.2) is 15.8 Å². The van der Waals surface area contributed by atoms with E-state index in [1.54, 1.807) is 4.98 Å². The molecule has 1 aliphatic heterocycles. The first-order valence-electron chi connectivity index (χ1n) is 5.16. The molecule has 1 atom stereocenters.